The van der Waals surface area contributed by atoms with Gasteiger partial charge in [-0.25, -0.2) is 9.97 Å². The normalized spacial score (nSPS) is 17.6. The van der Waals surface area contributed by atoms with Gasteiger partial charge in [0.15, 0.2) is 0 Å². The molecule has 0 saturated heterocycles. The van der Waals surface area contributed by atoms with Crippen molar-refractivity contribution in [3.05, 3.63) is 41.1 Å². The molecule has 1 amide bonds. The molecule has 0 radical (unpaired) electrons. The van der Waals surface area contributed by atoms with E-state index in [1.54, 1.807) is 0 Å². The van der Waals surface area contributed by atoms with E-state index in [1.165, 1.54) is 0 Å². The lowest BCUT2D eigenvalue weighted by Gasteiger charge is -2.20. The Morgan fingerprint density at radius 2 is 2.20 bits per heavy atom. The SMILES string of the molecule is Cc1cccc(NC(=O)C2CCc3nc(C)[nH]c3C2)n1. The number of anilines is 1. The number of aromatic nitrogens is 3. The lowest BCUT2D eigenvalue weighted by atomic mass is 9.89. The molecule has 0 fully saturated rings. The molecule has 20 heavy (non-hydrogen) atoms. The van der Waals surface area contributed by atoms with Crippen LogP contribution in [0.25, 0.3) is 0 Å². The Bertz CT molecular complexity index is 647. The average molecular weight is 270 g/mol. The second kappa shape index (κ2) is 5.07. The van der Waals surface area contributed by atoms with Gasteiger partial charge >= 0.3 is 0 Å². The number of rotatable bonds is 2. The summed E-state index contributed by atoms with van der Waals surface area (Å²) in [6.07, 6.45) is 2.43. The van der Waals surface area contributed by atoms with Crippen LogP contribution in [-0.4, -0.2) is 20.9 Å². The molecule has 0 bridgehead atoms. The van der Waals surface area contributed by atoms with Crippen LogP contribution in [0.1, 0.15) is 29.3 Å². The number of nitrogens with zero attached hydrogens (tertiary/aromatic N) is 2. The van der Waals surface area contributed by atoms with E-state index in [-0.39, 0.29) is 11.8 Å². The Kier molecular flexibility index (Phi) is 3.26. The van der Waals surface area contributed by atoms with Crippen LogP contribution in [-0.2, 0) is 17.6 Å². The fourth-order valence-electron chi connectivity index (χ4n) is 2.69. The number of hydrogen-bond donors (Lipinski definition) is 2. The number of nitrogens with one attached hydrogen (secondary N) is 2. The summed E-state index contributed by atoms with van der Waals surface area (Å²) in [5.41, 5.74) is 3.12. The third-order valence-corrected chi connectivity index (χ3v) is 3.67. The highest BCUT2D eigenvalue weighted by Gasteiger charge is 2.27. The van der Waals surface area contributed by atoms with Gasteiger partial charge in [0.25, 0.3) is 0 Å². The van der Waals surface area contributed by atoms with Gasteiger partial charge < -0.3 is 10.3 Å². The minimum absolute atomic E-state index is 0.00957. The van der Waals surface area contributed by atoms with Gasteiger partial charge in [-0.2, -0.15) is 0 Å². The van der Waals surface area contributed by atoms with Gasteiger partial charge in [-0.1, -0.05) is 6.07 Å². The van der Waals surface area contributed by atoms with Crippen LogP contribution in [0.5, 0.6) is 0 Å². The second-order valence-corrected chi connectivity index (χ2v) is 5.34. The molecule has 1 aliphatic carbocycles. The number of aromatic amines is 1. The molecule has 0 spiro atoms. The van der Waals surface area contributed by atoms with Crippen molar-refractivity contribution in [3.8, 4) is 0 Å². The molecule has 2 heterocycles. The van der Waals surface area contributed by atoms with Crippen LogP contribution in [0, 0.1) is 19.8 Å². The van der Waals surface area contributed by atoms with Crippen LogP contribution in [0.4, 0.5) is 5.82 Å². The van der Waals surface area contributed by atoms with Crippen LogP contribution >= 0.6 is 0 Å². The molecule has 1 unspecified atom stereocenters. The van der Waals surface area contributed by atoms with E-state index in [9.17, 15) is 4.79 Å². The number of imidazole rings is 1. The summed E-state index contributed by atoms with van der Waals surface area (Å²) in [4.78, 5) is 24.3. The van der Waals surface area contributed by atoms with E-state index in [4.69, 9.17) is 0 Å². The number of H-pyrrole nitrogens is 1. The molecule has 0 aliphatic heterocycles. The van der Waals surface area contributed by atoms with Gasteiger partial charge in [-0.3, -0.25) is 4.79 Å². The first kappa shape index (κ1) is 12.8. The number of amides is 1. The Morgan fingerprint density at radius 3 is 3.00 bits per heavy atom. The van der Waals surface area contributed by atoms with Gasteiger partial charge in [0.05, 0.1) is 5.69 Å². The highest BCUT2D eigenvalue weighted by atomic mass is 16.1. The Labute approximate surface area is 117 Å². The van der Waals surface area contributed by atoms with Gasteiger partial charge in [-0.05, 0) is 38.8 Å². The molecule has 1 atom stereocenters. The molecule has 2 N–H and O–H groups in total. The fourth-order valence-corrected chi connectivity index (χ4v) is 2.69. The highest BCUT2D eigenvalue weighted by molar-refractivity contribution is 5.92. The maximum atomic E-state index is 12.3. The van der Waals surface area contributed by atoms with Crippen molar-refractivity contribution in [1.29, 1.82) is 0 Å². The third kappa shape index (κ3) is 2.57. The lowest BCUT2D eigenvalue weighted by Crippen LogP contribution is -2.28. The van der Waals surface area contributed by atoms with E-state index in [0.717, 1.165) is 42.2 Å². The van der Waals surface area contributed by atoms with E-state index < -0.39 is 0 Å². The van der Waals surface area contributed by atoms with Gasteiger partial charge in [-0.15, -0.1) is 0 Å². The van der Waals surface area contributed by atoms with Crippen molar-refractivity contribution >= 4 is 11.7 Å². The van der Waals surface area contributed by atoms with Crippen LogP contribution in [0.3, 0.4) is 0 Å². The number of fused-ring (bicyclic) bond motifs is 1. The Morgan fingerprint density at radius 1 is 1.35 bits per heavy atom. The molecule has 2 aromatic rings. The van der Waals surface area contributed by atoms with Gasteiger partial charge in [0, 0.05) is 23.7 Å². The van der Waals surface area contributed by atoms with E-state index in [2.05, 4.69) is 20.3 Å². The molecular weight excluding hydrogens is 252 g/mol. The van der Waals surface area contributed by atoms with Crippen LogP contribution in [0.2, 0.25) is 0 Å². The number of pyridine rings is 1. The molecular formula is C15H18N4O. The molecule has 2 aromatic heterocycles. The second-order valence-electron chi connectivity index (χ2n) is 5.34. The zero-order chi connectivity index (χ0) is 14.1. The summed E-state index contributed by atoms with van der Waals surface area (Å²) in [5.74, 6) is 1.59. The van der Waals surface area contributed by atoms with Crippen molar-refractivity contribution in [1.82, 2.24) is 15.0 Å². The number of carbonyl (C=O) groups is 1. The number of aryl methyl sites for hydroxylation is 3. The first-order valence-electron chi connectivity index (χ1n) is 6.90. The number of carbonyl (C=O) groups excluding carboxylic acids is 1. The molecule has 5 heteroatoms. The van der Waals surface area contributed by atoms with Crippen molar-refractivity contribution < 1.29 is 4.79 Å². The molecule has 104 valence electrons. The van der Waals surface area contributed by atoms with Crippen LogP contribution < -0.4 is 5.32 Å². The summed E-state index contributed by atoms with van der Waals surface area (Å²) >= 11 is 0. The third-order valence-electron chi connectivity index (χ3n) is 3.67. The van der Waals surface area contributed by atoms with Gasteiger partial charge in [0.2, 0.25) is 5.91 Å². The monoisotopic (exact) mass is 270 g/mol. The molecule has 3 rings (SSSR count). The smallest absolute Gasteiger partial charge is 0.229 e. The zero-order valence-corrected chi connectivity index (χ0v) is 11.7. The first-order valence-corrected chi connectivity index (χ1v) is 6.90. The minimum Gasteiger partial charge on any atom is -0.346 e. The summed E-state index contributed by atoms with van der Waals surface area (Å²) in [6.45, 7) is 3.86. The fraction of sp³-hybridized carbons (Fsp3) is 0.400. The van der Waals surface area contributed by atoms with Crippen molar-refractivity contribution in [2.45, 2.75) is 33.1 Å². The largest absolute Gasteiger partial charge is 0.346 e. The van der Waals surface area contributed by atoms with Crippen molar-refractivity contribution in [3.63, 3.8) is 0 Å². The van der Waals surface area contributed by atoms with Crippen LogP contribution in [0.15, 0.2) is 18.2 Å². The summed E-state index contributed by atoms with van der Waals surface area (Å²) in [7, 11) is 0. The van der Waals surface area contributed by atoms with E-state index >= 15 is 0 Å². The minimum atomic E-state index is -0.00957. The molecule has 1 aliphatic rings. The van der Waals surface area contributed by atoms with E-state index in [1.807, 2.05) is 32.0 Å². The van der Waals surface area contributed by atoms with Gasteiger partial charge in [0.1, 0.15) is 11.6 Å². The Balaban J connectivity index is 1.70. The maximum absolute atomic E-state index is 12.3. The van der Waals surface area contributed by atoms with Crippen molar-refractivity contribution in [2.24, 2.45) is 5.92 Å². The number of hydrogen-bond acceptors (Lipinski definition) is 3. The predicted molar refractivity (Wildman–Crippen MR) is 76.4 cm³/mol. The maximum Gasteiger partial charge on any atom is 0.229 e. The summed E-state index contributed by atoms with van der Waals surface area (Å²) < 4.78 is 0. The summed E-state index contributed by atoms with van der Waals surface area (Å²) in [5, 5.41) is 2.91. The summed E-state index contributed by atoms with van der Waals surface area (Å²) in [6, 6.07) is 5.63. The average Bonchev–Trinajstić information content (AvgIpc) is 2.77. The predicted octanol–water partition coefficient (Wildman–Crippen LogP) is 2.17. The lowest BCUT2D eigenvalue weighted by molar-refractivity contribution is -0.120. The zero-order valence-electron chi connectivity index (χ0n) is 11.7. The molecule has 0 saturated carbocycles. The highest BCUT2D eigenvalue weighted by Crippen LogP contribution is 2.24. The standard InChI is InChI=1S/C15H18N4O/c1-9-4-3-5-14(16-9)19-15(20)11-6-7-12-13(8-11)18-10(2)17-12/h3-5,11H,6-8H2,1-2H3,(H,17,18)(H,16,19,20). The molecule has 0 aromatic carbocycles. The topological polar surface area (TPSA) is 70.7 Å². The quantitative estimate of drug-likeness (QED) is 0.878. The Hall–Kier alpha value is -2.17. The molecule has 5 nitrogen and oxygen atoms in total. The van der Waals surface area contributed by atoms with Crippen molar-refractivity contribution in [2.75, 3.05) is 5.32 Å². The van der Waals surface area contributed by atoms with E-state index in [0.29, 0.717) is 5.82 Å². The first-order chi connectivity index (χ1) is 9.61.